The van der Waals surface area contributed by atoms with Gasteiger partial charge in [0.1, 0.15) is 5.01 Å². The van der Waals surface area contributed by atoms with Gasteiger partial charge in [-0.1, -0.05) is 29.0 Å². The van der Waals surface area contributed by atoms with E-state index in [4.69, 9.17) is 0 Å². The zero-order valence-corrected chi connectivity index (χ0v) is 12.7. The molecule has 0 saturated carbocycles. The molecule has 0 aliphatic carbocycles. The van der Waals surface area contributed by atoms with Gasteiger partial charge < -0.3 is 10.6 Å². The molecule has 0 spiro atoms. The van der Waals surface area contributed by atoms with Crippen molar-refractivity contribution in [2.45, 2.75) is 20.3 Å². The van der Waals surface area contributed by atoms with Crippen LogP contribution in [0.3, 0.4) is 0 Å². The molecule has 7 heteroatoms. The van der Waals surface area contributed by atoms with E-state index in [2.05, 4.69) is 20.8 Å². The van der Waals surface area contributed by atoms with Crippen molar-refractivity contribution in [2.75, 3.05) is 11.9 Å². The second-order valence-corrected chi connectivity index (χ2v) is 5.73. The summed E-state index contributed by atoms with van der Waals surface area (Å²) in [7, 11) is 0. The first-order chi connectivity index (χ1) is 10.0. The molecule has 0 radical (unpaired) electrons. The molecule has 6 nitrogen and oxygen atoms in total. The van der Waals surface area contributed by atoms with E-state index in [1.54, 1.807) is 12.1 Å². The molecule has 2 rings (SSSR count). The Balaban J connectivity index is 1.76. The number of aryl methyl sites for hydroxylation is 2. The summed E-state index contributed by atoms with van der Waals surface area (Å²) in [6.07, 6.45) is 0.191. The third-order valence-corrected chi connectivity index (χ3v) is 3.44. The maximum absolute atomic E-state index is 11.9. The van der Waals surface area contributed by atoms with E-state index >= 15 is 0 Å². The van der Waals surface area contributed by atoms with Crippen LogP contribution in [0.5, 0.6) is 0 Å². The monoisotopic (exact) mass is 304 g/mol. The fraction of sp³-hybridized carbons (Fsp3) is 0.286. The molecule has 2 aromatic rings. The van der Waals surface area contributed by atoms with Gasteiger partial charge in [0.05, 0.1) is 0 Å². The molecule has 2 N–H and O–H groups in total. The predicted octanol–water partition coefficient (Wildman–Crippen LogP) is 1.91. The highest BCUT2D eigenvalue weighted by Gasteiger charge is 2.08. The van der Waals surface area contributed by atoms with E-state index in [9.17, 15) is 9.59 Å². The lowest BCUT2D eigenvalue weighted by molar-refractivity contribution is -0.116. The first kappa shape index (κ1) is 15.1. The summed E-state index contributed by atoms with van der Waals surface area (Å²) >= 11 is 1.31. The molecule has 1 aromatic heterocycles. The number of amides is 2. The Morgan fingerprint density at radius 2 is 2.05 bits per heavy atom. The Labute approximate surface area is 126 Å². The van der Waals surface area contributed by atoms with Crippen molar-refractivity contribution in [3.63, 3.8) is 0 Å². The molecule has 1 aromatic carbocycles. The Morgan fingerprint density at radius 1 is 1.24 bits per heavy atom. The highest BCUT2D eigenvalue weighted by atomic mass is 32.1. The average Bonchev–Trinajstić information content (AvgIpc) is 2.84. The average molecular weight is 304 g/mol. The van der Waals surface area contributed by atoms with Gasteiger partial charge >= 0.3 is 0 Å². The van der Waals surface area contributed by atoms with E-state index in [1.165, 1.54) is 11.3 Å². The smallest absolute Gasteiger partial charge is 0.251 e. The van der Waals surface area contributed by atoms with E-state index in [1.807, 2.05) is 26.0 Å². The second kappa shape index (κ2) is 6.94. The summed E-state index contributed by atoms with van der Waals surface area (Å²) in [5.74, 6) is -0.381. The summed E-state index contributed by atoms with van der Waals surface area (Å²) in [6.45, 7) is 4.01. The van der Waals surface area contributed by atoms with Gasteiger partial charge in [-0.2, -0.15) is 0 Å². The Morgan fingerprint density at radius 3 is 2.71 bits per heavy atom. The van der Waals surface area contributed by atoms with Crippen LogP contribution in [-0.2, 0) is 4.79 Å². The van der Waals surface area contributed by atoms with Gasteiger partial charge in [0.25, 0.3) is 5.91 Å². The topological polar surface area (TPSA) is 84.0 Å². The number of benzene rings is 1. The number of rotatable bonds is 5. The number of nitrogens with one attached hydrogen (secondary N) is 2. The number of aromatic nitrogens is 2. The molecular weight excluding hydrogens is 288 g/mol. The van der Waals surface area contributed by atoms with Gasteiger partial charge in [-0.05, 0) is 26.0 Å². The lowest BCUT2D eigenvalue weighted by Gasteiger charge is -2.05. The summed E-state index contributed by atoms with van der Waals surface area (Å²) in [4.78, 5) is 23.5. The normalized spacial score (nSPS) is 10.2. The molecule has 0 atom stereocenters. The van der Waals surface area contributed by atoms with Gasteiger partial charge in [-0.15, -0.1) is 10.2 Å². The van der Waals surface area contributed by atoms with Crippen LogP contribution in [0.1, 0.15) is 27.3 Å². The van der Waals surface area contributed by atoms with Crippen LogP contribution >= 0.6 is 11.3 Å². The largest absolute Gasteiger partial charge is 0.352 e. The lowest BCUT2D eigenvalue weighted by Crippen LogP contribution is -2.27. The van der Waals surface area contributed by atoms with Crippen LogP contribution < -0.4 is 10.6 Å². The SMILES string of the molecule is Cc1cccc(C(=O)NCCC(=O)Nc2nnc(C)s2)c1. The summed E-state index contributed by atoms with van der Waals surface area (Å²) in [5, 5.41) is 14.2. The van der Waals surface area contributed by atoms with Crippen molar-refractivity contribution < 1.29 is 9.59 Å². The number of carbonyl (C=O) groups excluding carboxylic acids is 2. The van der Waals surface area contributed by atoms with E-state index in [-0.39, 0.29) is 24.8 Å². The first-order valence-electron chi connectivity index (χ1n) is 6.49. The Kier molecular flexibility index (Phi) is 4.99. The fourth-order valence-corrected chi connectivity index (χ4v) is 2.31. The van der Waals surface area contributed by atoms with E-state index in [0.29, 0.717) is 10.7 Å². The highest BCUT2D eigenvalue weighted by molar-refractivity contribution is 7.15. The molecule has 110 valence electrons. The summed E-state index contributed by atoms with van der Waals surface area (Å²) < 4.78 is 0. The molecule has 0 bridgehead atoms. The molecule has 21 heavy (non-hydrogen) atoms. The van der Waals surface area contributed by atoms with Crippen LogP contribution in [0.4, 0.5) is 5.13 Å². The van der Waals surface area contributed by atoms with Gasteiger partial charge in [0, 0.05) is 18.5 Å². The van der Waals surface area contributed by atoms with Crippen LogP contribution in [0.25, 0.3) is 0 Å². The highest BCUT2D eigenvalue weighted by Crippen LogP contribution is 2.13. The number of carbonyl (C=O) groups is 2. The van der Waals surface area contributed by atoms with Crippen molar-refractivity contribution >= 4 is 28.3 Å². The standard InChI is InChI=1S/C14H16N4O2S/c1-9-4-3-5-11(8-9)13(20)15-7-6-12(19)16-14-18-17-10(2)21-14/h3-5,8H,6-7H2,1-2H3,(H,15,20)(H,16,18,19). The van der Waals surface area contributed by atoms with Crippen LogP contribution in [0.2, 0.25) is 0 Å². The first-order valence-corrected chi connectivity index (χ1v) is 7.31. The maximum Gasteiger partial charge on any atom is 0.251 e. The lowest BCUT2D eigenvalue weighted by atomic mass is 10.1. The van der Waals surface area contributed by atoms with Crippen molar-refractivity contribution in [2.24, 2.45) is 0 Å². The quantitative estimate of drug-likeness (QED) is 0.884. The minimum Gasteiger partial charge on any atom is -0.352 e. The summed E-state index contributed by atoms with van der Waals surface area (Å²) in [5.41, 5.74) is 1.61. The van der Waals surface area contributed by atoms with Crippen LogP contribution in [0, 0.1) is 13.8 Å². The minimum absolute atomic E-state index is 0.182. The van der Waals surface area contributed by atoms with Gasteiger partial charge in [0.2, 0.25) is 11.0 Å². The Hall–Kier alpha value is -2.28. The number of hydrogen-bond donors (Lipinski definition) is 2. The predicted molar refractivity (Wildman–Crippen MR) is 81.4 cm³/mol. The van der Waals surface area contributed by atoms with Crippen molar-refractivity contribution in [3.8, 4) is 0 Å². The molecular formula is C14H16N4O2S. The zero-order valence-electron chi connectivity index (χ0n) is 11.8. The molecule has 0 fully saturated rings. The van der Waals surface area contributed by atoms with Gasteiger partial charge in [-0.25, -0.2) is 0 Å². The molecule has 0 unspecified atom stereocenters. The van der Waals surface area contributed by atoms with Crippen LogP contribution in [0.15, 0.2) is 24.3 Å². The molecule has 0 aliphatic heterocycles. The molecule has 1 heterocycles. The zero-order chi connectivity index (χ0) is 15.2. The molecule has 0 aliphatic rings. The van der Waals surface area contributed by atoms with Crippen LogP contribution in [-0.4, -0.2) is 28.6 Å². The third-order valence-electron chi connectivity index (χ3n) is 2.69. The number of anilines is 1. The van der Waals surface area contributed by atoms with E-state index in [0.717, 1.165) is 10.6 Å². The molecule has 0 saturated heterocycles. The van der Waals surface area contributed by atoms with Crippen molar-refractivity contribution in [1.29, 1.82) is 0 Å². The van der Waals surface area contributed by atoms with Crippen molar-refractivity contribution in [3.05, 3.63) is 40.4 Å². The third kappa shape index (κ3) is 4.64. The second-order valence-electron chi connectivity index (χ2n) is 4.55. The van der Waals surface area contributed by atoms with E-state index < -0.39 is 0 Å². The maximum atomic E-state index is 11.9. The fourth-order valence-electron chi connectivity index (χ4n) is 1.71. The minimum atomic E-state index is -0.198. The van der Waals surface area contributed by atoms with Gasteiger partial charge in [-0.3, -0.25) is 9.59 Å². The Bertz CT molecular complexity index is 654. The van der Waals surface area contributed by atoms with Crippen molar-refractivity contribution in [1.82, 2.24) is 15.5 Å². The number of nitrogens with zero attached hydrogens (tertiary/aromatic N) is 2. The number of hydrogen-bond acceptors (Lipinski definition) is 5. The summed E-state index contributed by atoms with van der Waals surface area (Å²) in [6, 6.07) is 7.30. The molecule has 2 amide bonds. The van der Waals surface area contributed by atoms with Gasteiger partial charge in [0.15, 0.2) is 0 Å².